The third-order valence-corrected chi connectivity index (χ3v) is 5.45. The van der Waals surface area contributed by atoms with Crippen LogP contribution in [0.2, 0.25) is 0 Å². The van der Waals surface area contributed by atoms with Crippen LogP contribution >= 0.6 is 15.9 Å². The van der Waals surface area contributed by atoms with Crippen LogP contribution in [0.4, 0.5) is 0 Å². The fourth-order valence-corrected chi connectivity index (χ4v) is 3.73. The summed E-state index contributed by atoms with van der Waals surface area (Å²) in [6.07, 6.45) is 0. The van der Waals surface area contributed by atoms with E-state index >= 15 is 0 Å². The minimum atomic E-state index is -3.45. The molecule has 0 aliphatic heterocycles. The lowest BCUT2D eigenvalue weighted by molar-refractivity contribution is 0.278. The highest BCUT2D eigenvalue weighted by molar-refractivity contribution is 9.10. The second-order valence-corrected chi connectivity index (χ2v) is 7.50. The fraction of sp³-hybridized carbons (Fsp3) is 0.538. The second-order valence-electron chi connectivity index (χ2n) is 4.91. The molecule has 1 rings (SSSR count). The highest BCUT2D eigenvalue weighted by Crippen LogP contribution is 2.22. The van der Waals surface area contributed by atoms with Gasteiger partial charge in [0.15, 0.2) is 0 Å². The lowest BCUT2D eigenvalue weighted by Crippen LogP contribution is -2.36. The monoisotopic (exact) mass is 348 g/mol. The van der Waals surface area contributed by atoms with Crippen molar-refractivity contribution in [2.45, 2.75) is 31.7 Å². The highest BCUT2D eigenvalue weighted by atomic mass is 79.9. The molecule has 0 saturated heterocycles. The van der Waals surface area contributed by atoms with E-state index in [1.165, 1.54) is 0 Å². The second kappa shape index (κ2) is 6.83. The molecule has 19 heavy (non-hydrogen) atoms. The number of aryl methyl sites for hydroxylation is 1. The summed E-state index contributed by atoms with van der Waals surface area (Å²) in [5, 5.41) is 0. The van der Waals surface area contributed by atoms with Crippen molar-refractivity contribution in [2.24, 2.45) is 0 Å². The van der Waals surface area contributed by atoms with Gasteiger partial charge in [-0.05, 0) is 61.4 Å². The zero-order chi connectivity index (χ0) is 14.6. The quantitative estimate of drug-likeness (QED) is 0.858. The lowest BCUT2D eigenvalue weighted by atomic mass is 10.2. The molecule has 4 nitrogen and oxygen atoms in total. The summed E-state index contributed by atoms with van der Waals surface area (Å²) in [6, 6.07) is 5.61. The normalized spacial score (nSPS) is 12.4. The Morgan fingerprint density at radius 1 is 1.37 bits per heavy atom. The summed E-state index contributed by atoms with van der Waals surface area (Å²) in [5.74, 6) is 0. The van der Waals surface area contributed by atoms with Gasteiger partial charge in [-0.2, -0.15) is 0 Å². The Labute approximate surface area is 124 Å². The lowest BCUT2D eigenvalue weighted by Gasteiger charge is -2.21. The summed E-state index contributed by atoms with van der Waals surface area (Å²) in [4.78, 5) is 2.37. The van der Waals surface area contributed by atoms with Crippen LogP contribution in [0, 0.1) is 6.92 Å². The number of sulfonamides is 1. The molecule has 1 aromatic rings. The molecule has 1 aromatic carbocycles. The Kier molecular flexibility index (Phi) is 5.98. The number of likely N-dealkylation sites (N-methyl/N-ethyl adjacent to an activating group) is 1. The minimum absolute atomic E-state index is 0.283. The molecule has 108 valence electrons. The molecule has 0 heterocycles. The van der Waals surface area contributed by atoms with Gasteiger partial charge >= 0.3 is 0 Å². The molecule has 0 fully saturated rings. The molecule has 1 N–H and O–H groups in total. The third kappa shape index (κ3) is 4.87. The summed E-state index contributed by atoms with van der Waals surface area (Å²) < 4.78 is 27.5. The van der Waals surface area contributed by atoms with E-state index in [0.29, 0.717) is 23.6 Å². The Morgan fingerprint density at radius 2 is 2.00 bits per heavy atom. The summed E-state index contributed by atoms with van der Waals surface area (Å²) in [5.41, 5.74) is 1.02. The number of nitrogens with zero attached hydrogens (tertiary/aromatic N) is 1. The first-order valence-electron chi connectivity index (χ1n) is 6.20. The van der Waals surface area contributed by atoms with Crippen LogP contribution in [0.5, 0.6) is 0 Å². The Balaban J connectivity index is 2.71. The van der Waals surface area contributed by atoms with Gasteiger partial charge < -0.3 is 4.90 Å². The van der Waals surface area contributed by atoms with E-state index in [-0.39, 0.29) is 4.90 Å². The van der Waals surface area contributed by atoms with E-state index in [2.05, 4.69) is 39.4 Å². The van der Waals surface area contributed by atoms with Crippen LogP contribution in [-0.2, 0) is 10.0 Å². The van der Waals surface area contributed by atoms with Gasteiger partial charge in [0.25, 0.3) is 0 Å². The molecule has 0 saturated carbocycles. The average molecular weight is 349 g/mol. The number of benzene rings is 1. The van der Waals surface area contributed by atoms with Gasteiger partial charge in [0.05, 0.1) is 4.90 Å². The highest BCUT2D eigenvalue weighted by Gasteiger charge is 2.17. The van der Waals surface area contributed by atoms with E-state index in [0.717, 1.165) is 5.56 Å². The predicted octanol–water partition coefficient (Wildman–Crippen LogP) is 2.38. The number of nitrogens with one attached hydrogen (secondary N) is 1. The smallest absolute Gasteiger partial charge is 0.241 e. The SMILES string of the molecule is Cc1ccc(S(=O)(=O)NCCN(C)C(C)C)c(Br)c1. The van der Waals surface area contributed by atoms with Gasteiger partial charge in [-0.1, -0.05) is 6.07 Å². The molecular weight excluding hydrogens is 328 g/mol. The largest absolute Gasteiger partial charge is 0.303 e. The van der Waals surface area contributed by atoms with Crippen LogP contribution in [0.3, 0.4) is 0 Å². The van der Waals surface area contributed by atoms with E-state index in [9.17, 15) is 8.42 Å². The summed E-state index contributed by atoms with van der Waals surface area (Å²) >= 11 is 3.30. The van der Waals surface area contributed by atoms with Crippen molar-refractivity contribution in [2.75, 3.05) is 20.1 Å². The van der Waals surface area contributed by atoms with E-state index in [1.807, 2.05) is 14.0 Å². The Morgan fingerprint density at radius 3 is 2.53 bits per heavy atom. The number of halogens is 1. The zero-order valence-corrected chi connectivity index (χ0v) is 14.2. The number of hydrogen-bond donors (Lipinski definition) is 1. The molecule has 0 spiro atoms. The summed E-state index contributed by atoms with van der Waals surface area (Å²) in [6.45, 7) is 7.15. The number of hydrogen-bond acceptors (Lipinski definition) is 3. The molecule has 0 bridgehead atoms. The zero-order valence-electron chi connectivity index (χ0n) is 11.8. The van der Waals surface area contributed by atoms with Crippen molar-refractivity contribution in [3.8, 4) is 0 Å². The first-order chi connectivity index (χ1) is 8.74. The minimum Gasteiger partial charge on any atom is -0.303 e. The topological polar surface area (TPSA) is 49.4 Å². The van der Waals surface area contributed by atoms with Crippen LogP contribution in [0.25, 0.3) is 0 Å². The molecule has 6 heteroatoms. The molecule has 0 aromatic heterocycles. The van der Waals surface area contributed by atoms with Gasteiger partial charge in [0, 0.05) is 23.6 Å². The number of rotatable bonds is 6. The van der Waals surface area contributed by atoms with Crippen molar-refractivity contribution in [1.29, 1.82) is 0 Å². The van der Waals surface area contributed by atoms with E-state index in [1.54, 1.807) is 18.2 Å². The van der Waals surface area contributed by atoms with Gasteiger partial charge in [0.2, 0.25) is 10.0 Å². The maximum Gasteiger partial charge on any atom is 0.241 e. The van der Waals surface area contributed by atoms with Gasteiger partial charge in [-0.15, -0.1) is 0 Å². The van der Waals surface area contributed by atoms with Crippen LogP contribution in [0.15, 0.2) is 27.6 Å². The average Bonchev–Trinajstić information content (AvgIpc) is 2.27. The summed E-state index contributed by atoms with van der Waals surface area (Å²) in [7, 11) is -1.48. The maximum atomic E-state index is 12.2. The van der Waals surface area contributed by atoms with E-state index in [4.69, 9.17) is 0 Å². The van der Waals surface area contributed by atoms with Gasteiger partial charge in [-0.3, -0.25) is 0 Å². The van der Waals surface area contributed by atoms with Crippen molar-refractivity contribution >= 4 is 26.0 Å². The first kappa shape index (κ1) is 16.6. The van der Waals surface area contributed by atoms with Crippen molar-refractivity contribution < 1.29 is 8.42 Å². The van der Waals surface area contributed by atoms with Crippen LogP contribution in [-0.4, -0.2) is 39.5 Å². The van der Waals surface area contributed by atoms with Crippen molar-refractivity contribution in [1.82, 2.24) is 9.62 Å². The Hall–Kier alpha value is -0.430. The first-order valence-corrected chi connectivity index (χ1v) is 8.47. The van der Waals surface area contributed by atoms with Gasteiger partial charge in [0.1, 0.15) is 0 Å². The molecule has 0 atom stereocenters. The van der Waals surface area contributed by atoms with Crippen molar-refractivity contribution in [3.63, 3.8) is 0 Å². The Bertz CT molecular complexity index is 529. The molecule has 0 radical (unpaired) electrons. The van der Waals surface area contributed by atoms with Crippen molar-refractivity contribution in [3.05, 3.63) is 28.2 Å². The van der Waals surface area contributed by atoms with E-state index < -0.39 is 10.0 Å². The molecular formula is C13H21BrN2O2S. The standard InChI is InChI=1S/C13H21BrN2O2S/c1-10(2)16(4)8-7-15-19(17,18)13-6-5-11(3)9-12(13)14/h5-6,9-10,15H,7-8H2,1-4H3. The molecule has 0 amide bonds. The van der Waals surface area contributed by atoms with Crippen LogP contribution in [0.1, 0.15) is 19.4 Å². The fourth-order valence-electron chi connectivity index (χ4n) is 1.52. The predicted molar refractivity (Wildman–Crippen MR) is 81.8 cm³/mol. The third-order valence-electron chi connectivity index (χ3n) is 3.02. The maximum absolute atomic E-state index is 12.2. The molecule has 0 aliphatic rings. The molecule has 0 aliphatic carbocycles. The van der Waals surface area contributed by atoms with Gasteiger partial charge in [-0.25, -0.2) is 13.1 Å². The van der Waals surface area contributed by atoms with Crippen LogP contribution < -0.4 is 4.72 Å². The molecule has 0 unspecified atom stereocenters.